The topological polar surface area (TPSA) is 113 Å². The minimum atomic E-state index is -0.811. The van der Waals surface area contributed by atoms with Crippen molar-refractivity contribution in [1.82, 2.24) is 15.2 Å². The molecule has 0 spiro atoms. The monoisotopic (exact) mass is 424 g/mol. The van der Waals surface area contributed by atoms with E-state index in [2.05, 4.69) is 16.7 Å². The second-order valence-electron chi connectivity index (χ2n) is 8.30. The molecule has 8 heteroatoms. The molecule has 1 aliphatic rings. The SMILES string of the molecule is COc1cn(C(CC(C)C)C(=O)NC(C#N)C[C@@H]2CCNC2=O)c(=O)c2ccccc12. The van der Waals surface area contributed by atoms with Gasteiger partial charge in [0.05, 0.1) is 24.8 Å². The van der Waals surface area contributed by atoms with Gasteiger partial charge in [0.15, 0.2) is 0 Å². The van der Waals surface area contributed by atoms with Crippen LogP contribution in [0.3, 0.4) is 0 Å². The zero-order valence-electron chi connectivity index (χ0n) is 18.1. The Morgan fingerprint density at radius 2 is 2.03 bits per heavy atom. The van der Waals surface area contributed by atoms with Crippen molar-refractivity contribution in [2.45, 2.75) is 45.2 Å². The molecule has 0 bridgehead atoms. The van der Waals surface area contributed by atoms with Gasteiger partial charge in [0.1, 0.15) is 17.8 Å². The Hall–Kier alpha value is -3.34. The molecule has 2 aromatic rings. The van der Waals surface area contributed by atoms with Gasteiger partial charge < -0.3 is 15.4 Å². The first-order chi connectivity index (χ1) is 14.8. The summed E-state index contributed by atoms with van der Waals surface area (Å²) in [6.07, 6.45) is 2.86. The van der Waals surface area contributed by atoms with Gasteiger partial charge in [-0.25, -0.2) is 0 Å². The molecule has 0 saturated carbocycles. The highest BCUT2D eigenvalue weighted by Crippen LogP contribution is 2.26. The first kappa shape index (κ1) is 22.3. The summed E-state index contributed by atoms with van der Waals surface area (Å²) >= 11 is 0. The Labute approximate surface area is 181 Å². The number of ether oxygens (including phenoxy) is 1. The van der Waals surface area contributed by atoms with Crippen molar-refractivity contribution in [2.75, 3.05) is 13.7 Å². The van der Waals surface area contributed by atoms with Gasteiger partial charge in [0.2, 0.25) is 11.8 Å². The minimum Gasteiger partial charge on any atom is -0.495 e. The molecule has 2 N–H and O–H groups in total. The number of aromatic nitrogens is 1. The van der Waals surface area contributed by atoms with E-state index < -0.39 is 18.0 Å². The molecule has 8 nitrogen and oxygen atoms in total. The molecule has 2 heterocycles. The van der Waals surface area contributed by atoms with Crippen molar-refractivity contribution in [2.24, 2.45) is 11.8 Å². The van der Waals surface area contributed by atoms with Crippen LogP contribution in [0.5, 0.6) is 5.75 Å². The number of nitrogens with zero attached hydrogens (tertiary/aromatic N) is 2. The maximum atomic E-state index is 13.2. The van der Waals surface area contributed by atoms with Crippen LogP contribution in [0.25, 0.3) is 10.8 Å². The highest BCUT2D eigenvalue weighted by atomic mass is 16.5. The summed E-state index contributed by atoms with van der Waals surface area (Å²) in [7, 11) is 1.52. The highest BCUT2D eigenvalue weighted by molar-refractivity contribution is 5.88. The number of pyridine rings is 1. The molecule has 2 unspecified atom stereocenters. The van der Waals surface area contributed by atoms with Crippen LogP contribution in [-0.4, -0.2) is 36.1 Å². The fourth-order valence-corrected chi connectivity index (χ4v) is 4.03. The van der Waals surface area contributed by atoms with E-state index in [1.807, 2.05) is 19.9 Å². The number of benzene rings is 1. The van der Waals surface area contributed by atoms with E-state index in [0.29, 0.717) is 35.9 Å². The fourth-order valence-electron chi connectivity index (χ4n) is 4.03. The second kappa shape index (κ2) is 9.65. The zero-order chi connectivity index (χ0) is 22.5. The Morgan fingerprint density at radius 3 is 2.61 bits per heavy atom. The quantitative estimate of drug-likeness (QED) is 0.674. The third-order valence-corrected chi connectivity index (χ3v) is 5.62. The van der Waals surface area contributed by atoms with Crippen LogP contribution in [0.4, 0.5) is 0 Å². The lowest BCUT2D eigenvalue weighted by atomic mass is 9.97. The molecule has 3 rings (SSSR count). The van der Waals surface area contributed by atoms with Crippen molar-refractivity contribution in [3.8, 4) is 11.8 Å². The van der Waals surface area contributed by atoms with E-state index in [-0.39, 0.29) is 29.7 Å². The third kappa shape index (κ3) is 4.88. The van der Waals surface area contributed by atoms with Gasteiger partial charge in [-0.1, -0.05) is 32.0 Å². The fraction of sp³-hybridized carbons (Fsp3) is 0.478. The van der Waals surface area contributed by atoms with E-state index >= 15 is 0 Å². The molecule has 1 fully saturated rings. The van der Waals surface area contributed by atoms with Gasteiger partial charge in [-0.05, 0) is 31.2 Å². The predicted molar refractivity (Wildman–Crippen MR) is 117 cm³/mol. The van der Waals surface area contributed by atoms with Crippen LogP contribution in [0.2, 0.25) is 0 Å². The molecule has 3 atom stereocenters. The number of hydrogen-bond donors (Lipinski definition) is 2. The Bertz CT molecular complexity index is 1070. The van der Waals surface area contributed by atoms with Crippen LogP contribution in [0, 0.1) is 23.2 Å². The summed E-state index contributed by atoms with van der Waals surface area (Å²) < 4.78 is 6.87. The molecule has 2 amide bonds. The van der Waals surface area contributed by atoms with Gasteiger partial charge >= 0.3 is 0 Å². The molecule has 1 aliphatic heterocycles. The molecule has 1 aromatic carbocycles. The van der Waals surface area contributed by atoms with Crippen LogP contribution < -0.4 is 20.9 Å². The molecular formula is C23H28N4O4. The van der Waals surface area contributed by atoms with E-state index in [0.717, 1.165) is 0 Å². The van der Waals surface area contributed by atoms with Crippen molar-refractivity contribution in [3.05, 3.63) is 40.8 Å². The highest BCUT2D eigenvalue weighted by Gasteiger charge is 2.30. The lowest BCUT2D eigenvalue weighted by molar-refractivity contribution is -0.126. The zero-order valence-corrected chi connectivity index (χ0v) is 18.1. The van der Waals surface area contributed by atoms with Crippen LogP contribution in [-0.2, 0) is 9.59 Å². The number of hydrogen-bond acceptors (Lipinski definition) is 5. The van der Waals surface area contributed by atoms with Gasteiger partial charge in [0.25, 0.3) is 5.56 Å². The number of methoxy groups -OCH3 is 1. The average Bonchev–Trinajstić information content (AvgIpc) is 3.16. The molecule has 31 heavy (non-hydrogen) atoms. The summed E-state index contributed by atoms with van der Waals surface area (Å²) in [5.41, 5.74) is -0.291. The first-order valence-corrected chi connectivity index (χ1v) is 10.5. The van der Waals surface area contributed by atoms with Gasteiger partial charge in [-0.2, -0.15) is 5.26 Å². The van der Waals surface area contributed by atoms with Crippen molar-refractivity contribution in [1.29, 1.82) is 5.26 Å². The largest absolute Gasteiger partial charge is 0.495 e. The van der Waals surface area contributed by atoms with E-state index in [4.69, 9.17) is 4.74 Å². The van der Waals surface area contributed by atoms with Crippen LogP contribution in [0.1, 0.15) is 39.2 Å². The van der Waals surface area contributed by atoms with Crippen molar-refractivity contribution in [3.63, 3.8) is 0 Å². The Kier molecular flexibility index (Phi) is 6.95. The molecular weight excluding hydrogens is 396 g/mol. The molecule has 1 aromatic heterocycles. The number of amides is 2. The number of fused-ring (bicyclic) bond motifs is 1. The number of nitrogens with one attached hydrogen (secondary N) is 2. The molecule has 164 valence electrons. The average molecular weight is 425 g/mol. The number of rotatable bonds is 8. The van der Waals surface area contributed by atoms with Crippen molar-refractivity contribution >= 4 is 22.6 Å². The van der Waals surface area contributed by atoms with Crippen LogP contribution in [0.15, 0.2) is 35.3 Å². The number of nitriles is 1. The molecule has 0 aliphatic carbocycles. The van der Waals surface area contributed by atoms with Gasteiger partial charge in [-0.15, -0.1) is 0 Å². The Balaban J connectivity index is 1.93. The second-order valence-corrected chi connectivity index (χ2v) is 8.30. The predicted octanol–water partition coefficient (Wildman–Crippen LogP) is 2.13. The summed E-state index contributed by atoms with van der Waals surface area (Å²) in [6.45, 7) is 4.51. The normalized spacial score (nSPS) is 17.8. The Morgan fingerprint density at radius 1 is 1.32 bits per heavy atom. The van der Waals surface area contributed by atoms with E-state index in [1.165, 1.54) is 11.7 Å². The minimum absolute atomic E-state index is 0.0938. The molecule has 0 radical (unpaired) electrons. The standard InChI is InChI=1S/C23H28N4O4/c1-14(2)10-19(22(29)26-16(12-24)11-15-8-9-25-21(15)28)27-13-20(31-3)17-6-4-5-7-18(17)23(27)30/h4-7,13-16,19H,8-11H2,1-3H3,(H,25,28)(H,26,29)/t15-,16?,19?/m0/s1. The van der Waals surface area contributed by atoms with Gasteiger partial charge in [0, 0.05) is 17.8 Å². The van der Waals surface area contributed by atoms with Crippen LogP contribution >= 0.6 is 0 Å². The van der Waals surface area contributed by atoms with E-state index in [9.17, 15) is 19.6 Å². The first-order valence-electron chi connectivity index (χ1n) is 10.5. The van der Waals surface area contributed by atoms with E-state index in [1.54, 1.807) is 24.4 Å². The molecule has 1 saturated heterocycles. The number of carbonyl (C=O) groups is 2. The third-order valence-electron chi connectivity index (χ3n) is 5.62. The van der Waals surface area contributed by atoms with Crippen molar-refractivity contribution < 1.29 is 14.3 Å². The summed E-state index contributed by atoms with van der Waals surface area (Å²) in [6, 6.07) is 7.56. The summed E-state index contributed by atoms with van der Waals surface area (Å²) in [4.78, 5) is 38.3. The maximum absolute atomic E-state index is 13.2. The lowest BCUT2D eigenvalue weighted by Crippen LogP contribution is -2.43. The maximum Gasteiger partial charge on any atom is 0.259 e. The van der Waals surface area contributed by atoms with Gasteiger partial charge in [-0.3, -0.25) is 19.0 Å². The summed E-state index contributed by atoms with van der Waals surface area (Å²) in [5, 5.41) is 16.2. The number of carbonyl (C=O) groups excluding carboxylic acids is 2. The summed E-state index contributed by atoms with van der Waals surface area (Å²) in [5.74, 6) is -0.184. The lowest BCUT2D eigenvalue weighted by Gasteiger charge is -2.24. The smallest absolute Gasteiger partial charge is 0.259 e.